The van der Waals surface area contributed by atoms with Gasteiger partial charge in [0.1, 0.15) is 17.5 Å². The van der Waals surface area contributed by atoms with Gasteiger partial charge < -0.3 is 15.2 Å². The summed E-state index contributed by atoms with van der Waals surface area (Å²) in [7, 11) is 1.72. The number of hydrogen-bond acceptors (Lipinski definition) is 5. The molecule has 35 heavy (non-hydrogen) atoms. The molecule has 2 N–H and O–H groups in total. The van der Waals surface area contributed by atoms with E-state index in [2.05, 4.69) is 33.0 Å². The van der Waals surface area contributed by atoms with Crippen LogP contribution in [0.2, 0.25) is 0 Å². The second-order valence-corrected chi connectivity index (χ2v) is 10.4. The molecule has 3 aliphatic carbocycles. The maximum Gasteiger partial charge on any atom is 0.270 e. The van der Waals surface area contributed by atoms with E-state index in [1.807, 2.05) is 18.2 Å². The van der Waals surface area contributed by atoms with Crippen molar-refractivity contribution in [3.8, 4) is 0 Å². The van der Waals surface area contributed by atoms with E-state index in [0.717, 1.165) is 43.4 Å². The predicted octanol–water partition coefficient (Wildman–Crippen LogP) is 4.31. The fourth-order valence-corrected chi connectivity index (χ4v) is 6.24. The lowest BCUT2D eigenvalue weighted by Crippen LogP contribution is -2.49. The summed E-state index contributed by atoms with van der Waals surface area (Å²) in [5.41, 5.74) is 2.85. The van der Waals surface area contributed by atoms with Gasteiger partial charge in [0.05, 0.1) is 0 Å². The first-order chi connectivity index (χ1) is 17.0. The summed E-state index contributed by atoms with van der Waals surface area (Å²) >= 11 is 0. The van der Waals surface area contributed by atoms with Crippen molar-refractivity contribution in [2.45, 2.75) is 69.2 Å². The monoisotopic (exact) mass is 473 g/mol. The highest BCUT2D eigenvalue weighted by Gasteiger charge is 2.58. The van der Waals surface area contributed by atoms with Crippen LogP contribution in [0.4, 0.5) is 5.82 Å². The molecule has 1 spiro atoms. The van der Waals surface area contributed by atoms with Crippen molar-refractivity contribution in [3.63, 3.8) is 0 Å². The van der Waals surface area contributed by atoms with Crippen molar-refractivity contribution in [1.29, 1.82) is 0 Å². The highest BCUT2D eigenvalue weighted by Crippen LogP contribution is 2.64. The van der Waals surface area contributed by atoms with Crippen molar-refractivity contribution < 1.29 is 14.1 Å². The Labute approximate surface area is 204 Å². The number of aryl methyl sites for hydroxylation is 1. The molecule has 0 saturated heterocycles. The minimum Gasteiger partial charge on any atom is -0.359 e. The fraction of sp³-hybridized carbons (Fsp3) is 0.481. The van der Waals surface area contributed by atoms with Crippen LogP contribution < -0.4 is 10.6 Å². The van der Waals surface area contributed by atoms with Crippen LogP contribution in [0, 0.1) is 5.41 Å². The molecular weight excluding hydrogens is 442 g/mol. The lowest BCUT2D eigenvalue weighted by molar-refractivity contribution is -0.119. The Morgan fingerprint density at radius 3 is 2.69 bits per heavy atom. The van der Waals surface area contributed by atoms with Gasteiger partial charge in [-0.05, 0) is 54.7 Å². The van der Waals surface area contributed by atoms with E-state index in [1.165, 1.54) is 29.5 Å². The summed E-state index contributed by atoms with van der Waals surface area (Å²) in [6, 6.07) is 11.1. The molecule has 1 aromatic carbocycles. The molecule has 6 rings (SSSR count). The summed E-state index contributed by atoms with van der Waals surface area (Å²) in [4.78, 5) is 27.0. The first kappa shape index (κ1) is 22.1. The van der Waals surface area contributed by atoms with Crippen LogP contribution in [0.1, 0.15) is 84.2 Å². The van der Waals surface area contributed by atoms with Gasteiger partial charge in [0.2, 0.25) is 5.91 Å². The molecule has 2 amide bonds. The van der Waals surface area contributed by atoms with E-state index in [1.54, 1.807) is 19.3 Å². The summed E-state index contributed by atoms with van der Waals surface area (Å²) in [6.45, 7) is 0. The van der Waals surface area contributed by atoms with Gasteiger partial charge in [-0.3, -0.25) is 14.3 Å². The molecular formula is C27H31N5O3. The van der Waals surface area contributed by atoms with Crippen LogP contribution in [-0.2, 0) is 18.3 Å². The number of aromatic nitrogens is 3. The van der Waals surface area contributed by atoms with E-state index in [9.17, 15) is 9.59 Å². The third-order valence-electron chi connectivity index (χ3n) is 8.23. The molecule has 182 valence electrons. The minimum atomic E-state index is -0.738. The topological polar surface area (TPSA) is 102 Å². The summed E-state index contributed by atoms with van der Waals surface area (Å²) < 4.78 is 7.13. The van der Waals surface area contributed by atoms with Gasteiger partial charge in [0.15, 0.2) is 5.82 Å². The number of rotatable bonds is 6. The Bertz CT molecular complexity index is 1250. The zero-order valence-corrected chi connectivity index (χ0v) is 20.0. The molecule has 1 unspecified atom stereocenters. The van der Waals surface area contributed by atoms with Gasteiger partial charge in [-0.2, -0.15) is 5.10 Å². The number of hydrogen-bond donors (Lipinski definition) is 2. The van der Waals surface area contributed by atoms with E-state index in [4.69, 9.17) is 4.52 Å². The highest BCUT2D eigenvalue weighted by molar-refractivity contribution is 6.01. The van der Waals surface area contributed by atoms with Gasteiger partial charge in [-0.25, -0.2) is 0 Å². The van der Waals surface area contributed by atoms with Gasteiger partial charge >= 0.3 is 0 Å². The number of carbonyl (C=O) groups excluding carboxylic acids is 2. The van der Waals surface area contributed by atoms with Crippen LogP contribution in [0.15, 0.2) is 47.1 Å². The maximum absolute atomic E-state index is 13.8. The first-order valence-corrected chi connectivity index (χ1v) is 12.7. The summed E-state index contributed by atoms with van der Waals surface area (Å²) in [5.74, 6) is 0.927. The van der Waals surface area contributed by atoms with Crippen LogP contribution in [-0.4, -0.2) is 32.8 Å². The van der Waals surface area contributed by atoms with E-state index >= 15 is 0 Å². The standard InChI is InChI=1S/C27H31N5O3/c1-32-20(11-14-28-32)25(33)30-24(23-19-10-6-5-9-18(19)16-27(23)12-13-27)26(34)29-22-15-21(35-31-22)17-7-3-2-4-8-17/h5-6,9-11,14-15,17,23-24H,2-4,7-8,12-13,16H2,1H3,(H,30,33)(H,29,31,34)/t23?,24-/m0/s1. The number of carbonyl (C=O) groups is 2. The van der Waals surface area contributed by atoms with E-state index in [-0.39, 0.29) is 23.1 Å². The molecule has 0 radical (unpaired) electrons. The number of benzene rings is 1. The number of nitrogens with zero attached hydrogens (tertiary/aromatic N) is 3. The molecule has 0 aliphatic heterocycles. The lowest BCUT2D eigenvalue weighted by Gasteiger charge is -2.29. The van der Waals surface area contributed by atoms with E-state index < -0.39 is 6.04 Å². The Balaban J connectivity index is 1.29. The Morgan fingerprint density at radius 1 is 1.14 bits per heavy atom. The molecule has 2 fully saturated rings. The van der Waals surface area contributed by atoms with Crippen LogP contribution in [0.3, 0.4) is 0 Å². The highest BCUT2D eigenvalue weighted by atomic mass is 16.5. The molecule has 3 aliphatic rings. The van der Waals surface area contributed by atoms with E-state index in [0.29, 0.717) is 17.4 Å². The molecule has 2 heterocycles. The van der Waals surface area contributed by atoms with Crippen molar-refractivity contribution in [1.82, 2.24) is 20.3 Å². The van der Waals surface area contributed by atoms with Crippen molar-refractivity contribution in [3.05, 3.63) is 65.2 Å². The molecule has 2 saturated carbocycles. The third-order valence-corrected chi connectivity index (χ3v) is 8.23. The average Bonchev–Trinajstić information content (AvgIpc) is 3.19. The Kier molecular flexibility index (Phi) is 5.46. The lowest BCUT2D eigenvalue weighted by atomic mass is 9.82. The van der Waals surface area contributed by atoms with Crippen molar-refractivity contribution in [2.24, 2.45) is 12.5 Å². The Morgan fingerprint density at radius 2 is 1.94 bits per heavy atom. The Hall–Kier alpha value is -3.42. The van der Waals surface area contributed by atoms with Crippen LogP contribution >= 0.6 is 0 Å². The fourth-order valence-electron chi connectivity index (χ4n) is 6.24. The number of anilines is 1. The number of amides is 2. The van der Waals surface area contributed by atoms with Crippen molar-refractivity contribution >= 4 is 17.6 Å². The van der Waals surface area contributed by atoms with Gasteiger partial charge in [0.25, 0.3) is 5.91 Å². The van der Waals surface area contributed by atoms with Gasteiger partial charge in [-0.15, -0.1) is 0 Å². The first-order valence-electron chi connectivity index (χ1n) is 12.7. The summed E-state index contributed by atoms with van der Waals surface area (Å²) in [6.07, 6.45) is 10.4. The molecule has 0 bridgehead atoms. The number of fused-ring (bicyclic) bond motifs is 1. The zero-order chi connectivity index (χ0) is 24.0. The molecule has 8 nitrogen and oxygen atoms in total. The number of nitrogens with one attached hydrogen (secondary N) is 2. The normalized spacial score (nSPS) is 21.5. The van der Waals surface area contributed by atoms with Gasteiger partial charge in [0, 0.05) is 31.1 Å². The molecule has 2 aromatic heterocycles. The molecule has 2 atom stereocenters. The van der Waals surface area contributed by atoms with Gasteiger partial charge in [-0.1, -0.05) is 48.7 Å². The molecule has 8 heteroatoms. The smallest absolute Gasteiger partial charge is 0.270 e. The maximum atomic E-state index is 13.8. The van der Waals surface area contributed by atoms with Crippen LogP contribution in [0.5, 0.6) is 0 Å². The van der Waals surface area contributed by atoms with Crippen molar-refractivity contribution in [2.75, 3.05) is 5.32 Å². The second kappa shape index (κ2) is 8.66. The predicted molar refractivity (Wildman–Crippen MR) is 130 cm³/mol. The zero-order valence-electron chi connectivity index (χ0n) is 20.0. The van der Waals surface area contributed by atoms with Crippen LogP contribution in [0.25, 0.3) is 0 Å². The average molecular weight is 474 g/mol. The quantitative estimate of drug-likeness (QED) is 0.555. The summed E-state index contributed by atoms with van der Waals surface area (Å²) in [5, 5.41) is 14.3. The second-order valence-electron chi connectivity index (χ2n) is 10.4. The third kappa shape index (κ3) is 4.05. The SMILES string of the molecule is Cn1nccc1C(=O)N[C@H](C(=O)Nc1cc(C2CCCCC2)on1)C1c2ccccc2CC12CC2. The largest absolute Gasteiger partial charge is 0.359 e. The molecule has 3 aromatic rings. The minimum absolute atomic E-state index is 0.0164.